The molecular weight excluding hydrogens is 252 g/mol. The van der Waals surface area contributed by atoms with Gasteiger partial charge in [0, 0.05) is 12.7 Å². The first-order valence-electron chi connectivity index (χ1n) is 5.74. The number of hydrogen-bond acceptors (Lipinski definition) is 4. The molecule has 1 aliphatic rings. The molecule has 0 radical (unpaired) electrons. The number of aromatic nitrogens is 3. The van der Waals surface area contributed by atoms with Gasteiger partial charge in [-0.1, -0.05) is 0 Å². The highest BCUT2D eigenvalue weighted by Crippen LogP contribution is 2.21. The normalized spacial score (nSPS) is 18.6. The lowest BCUT2D eigenvalue weighted by atomic mass is 10.2. The van der Waals surface area contributed by atoms with Gasteiger partial charge < -0.3 is 9.30 Å². The molecule has 1 aliphatic heterocycles. The molecule has 0 spiro atoms. The van der Waals surface area contributed by atoms with Gasteiger partial charge in [-0.3, -0.25) is 0 Å². The molecule has 0 aliphatic carbocycles. The van der Waals surface area contributed by atoms with E-state index in [-0.39, 0.29) is 6.10 Å². The largest absolute Gasteiger partial charge is 0.376 e. The van der Waals surface area contributed by atoms with Crippen molar-refractivity contribution in [2.75, 3.05) is 6.61 Å². The van der Waals surface area contributed by atoms with Crippen LogP contribution in [0.5, 0.6) is 0 Å². The van der Waals surface area contributed by atoms with Crippen LogP contribution in [0.3, 0.4) is 0 Å². The van der Waals surface area contributed by atoms with Crippen LogP contribution in [0.2, 0.25) is 0 Å². The highest BCUT2D eigenvalue weighted by Gasteiger charge is 2.21. The van der Waals surface area contributed by atoms with Crippen molar-refractivity contribution in [1.29, 1.82) is 5.26 Å². The fourth-order valence-corrected chi connectivity index (χ4v) is 2.28. The third kappa shape index (κ3) is 1.84. The number of halogens is 1. The monoisotopic (exact) mass is 262 g/mol. The van der Waals surface area contributed by atoms with Crippen molar-refractivity contribution < 1.29 is 4.74 Å². The van der Waals surface area contributed by atoms with E-state index in [1.807, 2.05) is 10.6 Å². The number of nitrogens with zero attached hydrogens (tertiary/aromatic N) is 4. The number of ether oxygens (including phenoxy) is 1. The number of rotatable bonds is 3. The van der Waals surface area contributed by atoms with Gasteiger partial charge in [0.05, 0.1) is 35.8 Å². The summed E-state index contributed by atoms with van der Waals surface area (Å²) in [5, 5.41) is 8.83. The fourth-order valence-electron chi connectivity index (χ4n) is 2.07. The van der Waals surface area contributed by atoms with E-state index in [0.29, 0.717) is 11.6 Å². The predicted octanol–water partition coefficient (Wildman–Crippen LogP) is 1.83. The van der Waals surface area contributed by atoms with Gasteiger partial charge >= 0.3 is 0 Å². The molecule has 0 N–H and O–H groups in total. The molecule has 0 bridgehead atoms. The van der Waals surface area contributed by atoms with E-state index in [0.717, 1.165) is 36.4 Å². The molecule has 92 valence electrons. The van der Waals surface area contributed by atoms with Gasteiger partial charge in [0.25, 0.3) is 0 Å². The summed E-state index contributed by atoms with van der Waals surface area (Å²) in [6.07, 6.45) is 2.97. The quantitative estimate of drug-likeness (QED) is 0.792. The predicted molar refractivity (Wildman–Crippen MR) is 66.2 cm³/mol. The third-order valence-electron chi connectivity index (χ3n) is 3.13. The van der Waals surface area contributed by atoms with Crippen molar-refractivity contribution in [2.45, 2.75) is 24.9 Å². The van der Waals surface area contributed by atoms with Crippen LogP contribution in [0, 0.1) is 11.3 Å². The van der Waals surface area contributed by atoms with Crippen molar-refractivity contribution in [3.8, 4) is 6.07 Å². The number of fused-ring (bicyclic) bond motifs is 1. The summed E-state index contributed by atoms with van der Waals surface area (Å²) in [5.41, 5.74) is 2.03. The molecule has 1 unspecified atom stereocenters. The second-order valence-electron chi connectivity index (χ2n) is 4.22. The molecule has 1 fully saturated rings. The van der Waals surface area contributed by atoms with Gasteiger partial charge in [-0.15, -0.1) is 11.6 Å². The van der Waals surface area contributed by atoms with Gasteiger partial charge in [0.1, 0.15) is 17.6 Å². The lowest BCUT2D eigenvalue weighted by Crippen LogP contribution is -2.31. The lowest BCUT2D eigenvalue weighted by Gasteiger charge is -2.27. The van der Waals surface area contributed by atoms with Gasteiger partial charge in [0.15, 0.2) is 0 Å². The second kappa shape index (κ2) is 4.56. The third-order valence-corrected chi connectivity index (χ3v) is 3.37. The molecule has 3 heterocycles. The van der Waals surface area contributed by atoms with Gasteiger partial charge in [-0.25, -0.2) is 9.97 Å². The molecule has 0 amide bonds. The smallest absolute Gasteiger partial charge is 0.142 e. The summed E-state index contributed by atoms with van der Waals surface area (Å²) in [6, 6.07) is 3.69. The summed E-state index contributed by atoms with van der Waals surface area (Å²) in [6.45, 7) is 1.57. The maximum absolute atomic E-state index is 8.83. The van der Waals surface area contributed by atoms with Crippen LogP contribution in [0.4, 0.5) is 0 Å². The number of hydrogen-bond donors (Lipinski definition) is 0. The molecule has 5 nitrogen and oxygen atoms in total. The maximum atomic E-state index is 8.83. The molecule has 3 rings (SSSR count). The van der Waals surface area contributed by atoms with E-state index >= 15 is 0 Å². The zero-order chi connectivity index (χ0) is 12.5. The van der Waals surface area contributed by atoms with Crippen LogP contribution in [0.1, 0.15) is 17.9 Å². The van der Waals surface area contributed by atoms with Gasteiger partial charge in [-0.05, 0) is 6.42 Å². The van der Waals surface area contributed by atoms with Crippen LogP contribution >= 0.6 is 11.6 Å². The van der Waals surface area contributed by atoms with E-state index < -0.39 is 0 Å². The zero-order valence-electron chi connectivity index (χ0n) is 9.64. The van der Waals surface area contributed by atoms with Crippen molar-refractivity contribution in [2.24, 2.45) is 0 Å². The first-order valence-corrected chi connectivity index (χ1v) is 6.28. The minimum absolute atomic E-state index is 0.236. The molecule has 0 aromatic carbocycles. The SMILES string of the molecule is N#Cc1cc2nc(CCl)n(CC3CCO3)c2cn1. The Morgan fingerprint density at radius 2 is 2.44 bits per heavy atom. The summed E-state index contributed by atoms with van der Waals surface area (Å²) in [4.78, 5) is 8.51. The Bertz CT molecular complexity index is 627. The number of nitriles is 1. The summed E-state index contributed by atoms with van der Waals surface area (Å²) >= 11 is 5.91. The van der Waals surface area contributed by atoms with Crippen LogP contribution in [-0.4, -0.2) is 27.2 Å². The summed E-state index contributed by atoms with van der Waals surface area (Å²) in [5.74, 6) is 1.13. The highest BCUT2D eigenvalue weighted by molar-refractivity contribution is 6.16. The average Bonchev–Trinajstić information content (AvgIpc) is 2.70. The number of imidazole rings is 1. The fraction of sp³-hybridized carbons (Fsp3) is 0.417. The summed E-state index contributed by atoms with van der Waals surface area (Å²) < 4.78 is 7.46. The molecule has 6 heteroatoms. The lowest BCUT2D eigenvalue weighted by molar-refractivity contribution is -0.0589. The molecule has 18 heavy (non-hydrogen) atoms. The Hall–Kier alpha value is -1.64. The molecule has 2 aromatic rings. The zero-order valence-corrected chi connectivity index (χ0v) is 10.4. The second-order valence-corrected chi connectivity index (χ2v) is 4.49. The minimum Gasteiger partial charge on any atom is -0.376 e. The Labute approximate surface area is 109 Å². The van der Waals surface area contributed by atoms with Crippen molar-refractivity contribution in [3.05, 3.63) is 23.8 Å². The van der Waals surface area contributed by atoms with Crippen molar-refractivity contribution in [1.82, 2.24) is 14.5 Å². The van der Waals surface area contributed by atoms with Crippen molar-refractivity contribution >= 4 is 22.6 Å². The Kier molecular flexibility index (Phi) is 2.90. The molecule has 1 atom stereocenters. The van der Waals surface area contributed by atoms with Crippen LogP contribution < -0.4 is 0 Å². The van der Waals surface area contributed by atoms with Crippen molar-refractivity contribution in [3.63, 3.8) is 0 Å². The van der Waals surface area contributed by atoms with E-state index in [9.17, 15) is 0 Å². The maximum Gasteiger partial charge on any atom is 0.142 e. The Morgan fingerprint density at radius 3 is 3.06 bits per heavy atom. The van der Waals surface area contributed by atoms with Crippen LogP contribution in [-0.2, 0) is 17.2 Å². The first-order chi connectivity index (χ1) is 8.81. The standard InChI is InChI=1S/C12H11ClN4O/c13-4-12-16-10-3-8(5-14)15-6-11(10)17(12)7-9-1-2-18-9/h3,6,9H,1-2,4,7H2. The molecule has 1 saturated heterocycles. The van der Waals surface area contributed by atoms with E-state index in [4.69, 9.17) is 21.6 Å². The van der Waals surface area contributed by atoms with Crippen LogP contribution in [0.25, 0.3) is 11.0 Å². The number of pyridine rings is 1. The Balaban J connectivity index is 2.06. The topological polar surface area (TPSA) is 63.7 Å². The van der Waals surface area contributed by atoms with E-state index in [2.05, 4.69) is 9.97 Å². The Morgan fingerprint density at radius 1 is 1.61 bits per heavy atom. The summed E-state index contributed by atoms with van der Waals surface area (Å²) in [7, 11) is 0. The average molecular weight is 263 g/mol. The molecule has 0 saturated carbocycles. The number of alkyl halides is 1. The minimum atomic E-state index is 0.236. The van der Waals surface area contributed by atoms with Gasteiger partial charge in [-0.2, -0.15) is 5.26 Å². The van der Waals surface area contributed by atoms with E-state index in [1.54, 1.807) is 12.3 Å². The van der Waals surface area contributed by atoms with Crippen LogP contribution in [0.15, 0.2) is 12.3 Å². The highest BCUT2D eigenvalue weighted by atomic mass is 35.5. The van der Waals surface area contributed by atoms with Gasteiger partial charge in [0.2, 0.25) is 0 Å². The molecular formula is C12H11ClN4O. The van der Waals surface area contributed by atoms with E-state index in [1.165, 1.54) is 0 Å². The molecule has 2 aromatic heterocycles. The first kappa shape index (κ1) is 11.5.